The molecular formula is C12H17ClN2O2S. The van der Waals surface area contributed by atoms with E-state index in [0.29, 0.717) is 11.6 Å². The summed E-state index contributed by atoms with van der Waals surface area (Å²) < 4.78 is 26.6. The van der Waals surface area contributed by atoms with Gasteiger partial charge in [0.1, 0.15) is 4.90 Å². The molecule has 1 aromatic carbocycles. The molecule has 1 fully saturated rings. The first-order valence-corrected chi connectivity index (χ1v) is 7.81. The van der Waals surface area contributed by atoms with Crippen LogP contribution in [0.4, 0.5) is 5.69 Å². The Hall–Kier alpha value is -0.780. The number of piperidine rings is 1. The lowest BCUT2D eigenvalue weighted by Crippen LogP contribution is -2.42. The zero-order valence-corrected chi connectivity index (χ0v) is 11.8. The molecule has 0 radical (unpaired) electrons. The van der Waals surface area contributed by atoms with E-state index < -0.39 is 10.0 Å². The van der Waals surface area contributed by atoms with E-state index >= 15 is 0 Å². The van der Waals surface area contributed by atoms with Crippen LogP contribution < -0.4 is 5.73 Å². The van der Waals surface area contributed by atoms with E-state index in [1.54, 1.807) is 6.07 Å². The molecule has 6 heteroatoms. The van der Waals surface area contributed by atoms with E-state index in [1.807, 2.05) is 6.92 Å². The number of rotatable bonds is 2. The fourth-order valence-electron chi connectivity index (χ4n) is 2.31. The summed E-state index contributed by atoms with van der Waals surface area (Å²) >= 11 is 5.79. The molecule has 0 amide bonds. The van der Waals surface area contributed by atoms with Crippen molar-refractivity contribution in [3.63, 3.8) is 0 Å². The highest BCUT2D eigenvalue weighted by molar-refractivity contribution is 7.89. The summed E-state index contributed by atoms with van der Waals surface area (Å²) in [7, 11) is -3.51. The Balaban J connectivity index is 2.41. The Bertz CT molecular complexity index is 545. The third-order valence-electron chi connectivity index (χ3n) is 3.30. The Kier molecular flexibility index (Phi) is 3.84. The molecule has 0 spiro atoms. The molecule has 0 aliphatic carbocycles. The van der Waals surface area contributed by atoms with Crippen LogP contribution in [0.5, 0.6) is 0 Å². The zero-order valence-electron chi connectivity index (χ0n) is 10.3. The van der Waals surface area contributed by atoms with Gasteiger partial charge in [-0.1, -0.05) is 18.0 Å². The van der Waals surface area contributed by atoms with Crippen molar-refractivity contribution in [2.75, 3.05) is 12.3 Å². The summed E-state index contributed by atoms with van der Waals surface area (Å²) in [5, 5.41) is 0.443. The summed E-state index contributed by atoms with van der Waals surface area (Å²) in [5.74, 6) is 0. The van der Waals surface area contributed by atoms with Crippen LogP contribution in [0.15, 0.2) is 23.1 Å². The van der Waals surface area contributed by atoms with E-state index in [4.69, 9.17) is 17.3 Å². The lowest BCUT2D eigenvalue weighted by Gasteiger charge is -2.32. The van der Waals surface area contributed by atoms with Crippen molar-refractivity contribution in [2.24, 2.45) is 0 Å². The Morgan fingerprint density at radius 1 is 1.39 bits per heavy atom. The van der Waals surface area contributed by atoms with Crippen LogP contribution in [-0.4, -0.2) is 25.3 Å². The maximum Gasteiger partial charge on any atom is 0.245 e. The number of halogens is 1. The van der Waals surface area contributed by atoms with Gasteiger partial charge in [0.2, 0.25) is 10.0 Å². The fourth-order valence-corrected chi connectivity index (χ4v) is 4.29. The predicted octanol–water partition coefficient (Wildman–Crippen LogP) is 2.49. The number of hydrogen-bond donors (Lipinski definition) is 1. The molecule has 1 aliphatic heterocycles. The first kappa shape index (κ1) is 13.6. The van der Waals surface area contributed by atoms with Gasteiger partial charge in [-0.2, -0.15) is 4.31 Å². The first-order valence-electron chi connectivity index (χ1n) is 6.00. The fraction of sp³-hybridized carbons (Fsp3) is 0.500. The van der Waals surface area contributed by atoms with E-state index in [0.717, 1.165) is 19.3 Å². The van der Waals surface area contributed by atoms with E-state index in [1.165, 1.54) is 16.4 Å². The number of benzene rings is 1. The van der Waals surface area contributed by atoms with Crippen LogP contribution in [0.1, 0.15) is 26.2 Å². The largest absolute Gasteiger partial charge is 0.398 e. The van der Waals surface area contributed by atoms with Crippen molar-refractivity contribution < 1.29 is 8.42 Å². The second kappa shape index (κ2) is 5.07. The molecule has 2 rings (SSSR count). The van der Waals surface area contributed by atoms with Crippen molar-refractivity contribution in [3.05, 3.63) is 23.2 Å². The van der Waals surface area contributed by atoms with Crippen molar-refractivity contribution in [1.82, 2.24) is 4.31 Å². The Morgan fingerprint density at radius 3 is 2.72 bits per heavy atom. The van der Waals surface area contributed by atoms with Gasteiger partial charge in [-0.3, -0.25) is 0 Å². The molecule has 1 atom stereocenters. The molecule has 100 valence electrons. The average molecular weight is 289 g/mol. The topological polar surface area (TPSA) is 63.4 Å². The molecule has 0 bridgehead atoms. The van der Waals surface area contributed by atoms with E-state index in [2.05, 4.69) is 0 Å². The van der Waals surface area contributed by atoms with Crippen molar-refractivity contribution in [1.29, 1.82) is 0 Å². The SMILES string of the molecule is CC1CCCCN1S(=O)(=O)c1ccc(Cl)cc1N. The van der Waals surface area contributed by atoms with Gasteiger partial charge in [0.15, 0.2) is 0 Å². The van der Waals surface area contributed by atoms with Crippen LogP contribution in [0.2, 0.25) is 5.02 Å². The smallest absolute Gasteiger partial charge is 0.245 e. The minimum Gasteiger partial charge on any atom is -0.398 e. The van der Waals surface area contributed by atoms with Crippen LogP contribution in [0, 0.1) is 0 Å². The van der Waals surface area contributed by atoms with Crippen molar-refractivity contribution in [2.45, 2.75) is 37.1 Å². The van der Waals surface area contributed by atoms with Crippen LogP contribution in [-0.2, 0) is 10.0 Å². The van der Waals surface area contributed by atoms with Gasteiger partial charge < -0.3 is 5.73 Å². The third kappa shape index (κ3) is 2.48. The normalized spacial score (nSPS) is 22.0. The number of nitrogen functional groups attached to an aromatic ring is 1. The standard InChI is InChI=1S/C12H17ClN2O2S/c1-9-4-2-3-7-15(9)18(16,17)12-6-5-10(13)8-11(12)14/h5-6,8-9H,2-4,7,14H2,1H3. The molecule has 1 aliphatic rings. The predicted molar refractivity (Wildman–Crippen MR) is 73.1 cm³/mol. The highest BCUT2D eigenvalue weighted by Gasteiger charge is 2.32. The molecular weight excluding hydrogens is 272 g/mol. The average Bonchev–Trinajstić information content (AvgIpc) is 2.28. The third-order valence-corrected chi connectivity index (χ3v) is 5.62. The maximum absolute atomic E-state index is 12.5. The molecule has 0 saturated carbocycles. The van der Waals surface area contributed by atoms with Gasteiger partial charge in [0, 0.05) is 17.6 Å². The number of nitrogens with two attached hydrogens (primary N) is 1. The molecule has 18 heavy (non-hydrogen) atoms. The summed E-state index contributed by atoms with van der Waals surface area (Å²) in [5.41, 5.74) is 5.98. The number of anilines is 1. The molecule has 2 N–H and O–H groups in total. The monoisotopic (exact) mass is 288 g/mol. The zero-order chi connectivity index (χ0) is 13.3. The maximum atomic E-state index is 12.5. The van der Waals surface area contributed by atoms with E-state index in [-0.39, 0.29) is 16.6 Å². The molecule has 1 saturated heterocycles. The number of hydrogen-bond acceptors (Lipinski definition) is 3. The summed E-state index contributed by atoms with van der Waals surface area (Å²) in [6.45, 7) is 2.49. The van der Waals surface area contributed by atoms with Gasteiger partial charge in [0.05, 0.1) is 5.69 Å². The van der Waals surface area contributed by atoms with E-state index in [9.17, 15) is 8.42 Å². The molecule has 1 unspecified atom stereocenters. The second-order valence-electron chi connectivity index (χ2n) is 4.64. The molecule has 4 nitrogen and oxygen atoms in total. The van der Waals surface area contributed by atoms with Crippen LogP contribution in [0.3, 0.4) is 0 Å². The van der Waals surface area contributed by atoms with Gasteiger partial charge in [-0.25, -0.2) is 8.42 Å². The highest BCUT2D eigenvalue weighted by atomic mass is 35.5. The highest BCUT2D eigenvalue weighted by Crippen LogP contribution is 2.29. The van der Waals surface area contributed by atoms with Crippen molar-refractivity contribution in [3.8, 4) is 0 Å². The van der Waals surface area contributed by atoms with Gasteiger partial charge in [-0.05, 0) is 38.0 Å². The Labute approximate surface area is 113 Å². The second-order valence-corrected chi connectivity index (χ2v) is 6.94. The number of sulfonamides is 1. The van der Waals surface area contributed by atoms with Gasteiger partial charge >= 0.3 is 0 Å². The molecule has 1 aromatic rings. The lowest BCUT2D eigenvalue weighted by molar-refractivity contribution is 0.269. The van der Waals surface area contributed by atoms with Gasteiger partial charge in [0.25, 0.3) is 0 Å². The van der Waals surface area contributed by atoms with Crippen molar-refractivity contribution >= 4 is 27.3 Å². The minimum absolute atomic E-state index is 0.0267. The number of nitrogens with zero attached hydrogens (tertiary/aromatic N) is 1. The summed E-state index contributed by atoms with van der Waals surface area (Å²) in [6, 6.07) is 4.54. The quantitative estimate of drug-likeness (QED) is 0.851. The minimum atomic E-state index is -3.51. The Morgan fingerprint density at radius 2 is 2.11 bits per heavy atom. The van der Waals surface area contributed by atoms with Gasteiger partial charge in [-0.15, -0.1) is 0 Å². The molecule has 1 heterocycles. The summed E-state index contributed by atoms with van der Waals surface area (Å²) in [6.07, 6.45) is 2.87. The lowest BCUT2D eigenvalue weighted by atomic mass is 10.1. The van der Waals surface area contributed by atoms with Crippen LogP contribution >= 0.6 is 11.6 Å². The first-order chi connectivity index (χ1) is 8.43. The summed E-state index contributed by atoms with van der Waals surface area (Å²) in [4.78, 5) is 0.153. The van der Waals surface area contributed by atoms with Crippen LogP contribution in [0.25, 0.3) is 0 Å². The molecule has 0 aromatic heterocycles.